The van der Waals surface area contributed by atoms with Gasteiger partial charge in [0, 0.05) is 4.90 Å². The first-order valence-electron chi connectivity index (χ1n) is 7.96. The van der Waals surface area contributed by atoms with Gasteiger partial charge in [0.2, 0.25) is 0 Å². The Balaban J connectivity index is 1.66. The predicted octanol–water partition coefficient (Wildman–Crippen LogP) is 5.67. The molecule has 3 aromatic carbocycles. The first-order valence-corrected chi connectivity index (χ1v) is 8.41. The molecule has 3 heteroatoms. The second-order valence-corrected chi connectivity index (χ2v) is 6.27. The van der Waals surface area contributed by atoms with E-state index in [1.54, 1.807) is 24.3 Å². The van der Waals surface area contributed by atoms with Crippen LogP contribution in [0.15, 0.2) is 77.7 Å². The van der Waals surface area contributed by atoms with Crippen LogP contribution in [0.2, 0.25) is 0 Å². The Kier molecular flexibility index (Phi) is 5.36. The molecule has 0 fully saturated rings. The molecule has 0 spiro atoms. The van der Waals surface area contributed by atoms with Gasteiger partial charge in [0.05, 0.1) is 5.56 Å². The van der Waals surface area contributed by atoms with E-state index in [1.807, 2.05) is 67.6 Å². The largest absolute Gasteiger partial charge is 0.423 e. The van der Waals surface area contributed by atoms with Crippen LogP contribution in [0.4, 0.5) is 0 Å². The van der Waals surface area contributed by atoms with Crippen molar-refractivity contribution < 1.29 is 9.53 Å². The molecule has 0 aliphatic heterocycles. The molecule has 0 saturated heterocycles. The minimum atomic E-state index is -0.358. The maximum Gasteiger partial charge on any atom is 0.343 e. The molecule has 0 aromatic heterocycles. The Labute approximate surface area is 153 Å². The normalized spacial score (nSPS) is 10.8. The van der Waals surface area contributed by atoms with Crippen LogP contribution in [0.25, 0.3) is 12.2 Å². The molecule has 0 saturated carbocycles. The summed E-state index contributed by atoms with van der Waals surface area (Å²) in [6.07, 6.45) is 4.02. The number of thiol groups is 1. The van der Waals surface area contributed by atoms with Gasteiger partial charge in [-0.3, -0.25) is 0 Å². The number of hydrogen-bond acceptors (Lipinski definition) is 3. The maximum atomic E-state index is 12.2. The summed E-state index contributed by atoms with van der Waals surface area (Å²) in [6.45, 7) is 1.99. The average molecular weight is 346 g/mol. The molecule has 124 valence electrons. The second kappa shape index (κ2) is 7.86. The lowest BCUT2D eigenvalue weighted by atomic mass is 10.1. The van der Waals surface area contributed by atoms with Crippen LogP contribution in [0.5, 0.6) is 5.75 Å². The van der Waals surface area contributed by atoms with Gasteiger partial charge in [-0.1, -0.05) is 54.1 Å². The molecular formula is C22H18O2S. The number of carbonyl (C=O) groups is 1. The summed E-state index contributed by atoms with van der Waals surface area (Å²) in [7, 11) is 0. The number of ether oxygens (including phenoxy) is 1. The fourth-order valence-corrected chi connectivity index (χ4v) is 2.43. The highest BCUT2D eigenvalue weighted by Crippen LogP contribution is 2.16. The zero-order chi connectivity index (χ0) is 17.6. The molecule has 0 aliphatic carbocycles. The van der Waals surface area contributed by atoms with Crippen molar-refractivity contribution in [3.63, 3.8) is 0 Å². The first kappa shape index (κ1) is 17.1. The van der Waals surface area contributed by atoms with Crippen molar-refractivity contribution in [3.8, 4) is 5.75 Å². The van der Waals surface area contributed by atoms with Gasteiger partial charge in [0.1, 0.15) is 5.75 Å². The van der Waals surface area contributed by atoms with Crippen LogP contribution in [-0.4, -0.2) is 5.97 Å². The van der Waals surface area contributed by atoms with Crippen LogP contribution >= 0.6 is 12.6 Å². The van der Waals surface area contributed by atoms with E-state index in [9.17, 15) is 4.79 Å². The zero-order valence-corrected chi connectivity index (χ0v) is 14.7. The Morgan fingerprint density at radius 2 is 1.32 bits per heavy atom. The van der Waals surface area contributed by atoms with E-state index in [1.165, 1.54) is 0 Å². The first-order chi connectivity index (χ1) is 12.1. The molecule has 25 heavy (non-hydrogen) atoms. The van der Waals surface area contributed by atoms with E-state index in [0.717, 1.165) is 21.6 Å². The van der Waals surface area contributed by atoms with Crippen molar-refractivity contribution in [1.82, 2.24) is 0 Å². The minimum Gasteiger partial charge on any atom is -0.423 e. The van der Waals surface area contributed by atoms with Crippen LogP contribution in [-0.2, 0) is 0 Å². The fourth-order valence-electron chi connectivity index (χ4n) is 2.28. The number of carbonyl (C=O) groups excluding carboxylic acids is 1. The smallest absolute Gasteiger partial charge is 0.343 e. The lowest BCUT2D eigenvalue weighted by Gasteiger charge is -2.05. The summed E-state index contributed by atoms with van der Waals surface area (Å²) in [5, 5.41) is 0. The molecular weight excluding hydrogens is 328 g/mol. The van der Waals surface area contributed by atoms with Gasteiger partial charge in [0.25, 0.3) is 0 Å². The molecule has 0 bridgehead atoms. The molecule has 0 aliphatic rings. The second-order valence-electron chi connectivity index (χ2n) is 5.75. The third-order valence-electron chi connectivity index (χ3n) is 3.74. The van der Waals surface area contributed by atoms with Crippen molar-refractivity contribution in [2.75, 3.05) is 0 Å². The molecule has 0 atom stereocenters. The molecule has 0 N–H and O–H groups in total. The van der Waals surface area contributed by atoms with Crippen molar-refractivity contribution >= 4 is 30.8 Å². The minimum absolute atomic E-state index is 0.358. The molecule has 0 radical (unpaired) electrons. The number of benzene rings is 3. The van der Waals surface area contributed by atoms with Gasteiger partial charge in [-0.25, -0.2) is 4.79 Å². The van der Waals surface area contributed by atoms with Gasteiger partial charge in [-0.05, 0) is 54.4 Å². The third kappa shape index (κ3) is 4.85. The lowest BCUT2D eigenvalue weighted by molar-refractivity contribution is 0.0734. The van der Waals surface area contributed by atoms with Crippen molar-refractivity contribution in [2.45, 2.75) is 11.8 Å². The van der Waals surface area contributed by atoms with E-state index >= 15 is 0 Å². The van der Waals surface area contributed by atoms with Gasteiger partial charge >= 0.3 is 5.97 Å². The van der Waals surface area contributed by atoms with Crippen molar-refractivity contribution in [1.29, 1.82) is 0 Å². The van der Waals surface area contributed by atoms with Crippen LogP contribution in [0.3, 0.4) is 0 Å². The van der Waals surface area contributed by atoms with E-state index in [4.69, 9.17) is 4.74 Å². The number of esters is 1. The summed E-state index contributed by atoms with van der Waals surface area (Å²) >= 11 is 4.27. The Morgan fingerprint density at radius 1 is 0.800 bits per heavy atom. The third-order valence-corrected chi connectivity index (χ3v) is 4.04. The molecule has 2 nitrogen and oxygen atoms in total. The lowest BCUT2D eigenvalue weighted by Crippen LogP contribution is -2.08. The molecule has 0 heterocycles. The van der Waals surface area contributed by atoms with Crippen LogP contribution < -0.4 is 4.74 Å². The van der Waals surface area contributed by atoms with Crippen molar-refractivity contribution in [3.05, 3.63) is 95.1 Å². The quantitative estimate of drug-likeness (QED) is 0.285. The van der Waals surface area contributed by atoms with Crippen LogP contribution in [0.1, 0.15) is 27.0 Å². The van der Waals surface area contributed by atoms with E-state index in [2.05, 4.69) is 12.6 Å². The molecule has 0 unspecified atom stereocenters. The summed E-state index contributed by atoms with van der Waals surface area (Å²) in [4.78, 5) is 13.1. The van der Waals surface area contributed by atoms with Gasteiger partial charge in [-0.2, -0.15) is 0 Å². The SMILES string of the molecule is Cc1ccc(OC(=O)c2ccc(/C=C/c3ccc(S)cc3)cc2)cc1. The highest BCUT2D eigenvalue weighted by molar-refractivity contribution is 7.80. The molecule has 3 aromatic rings. The topological polar surface area (TPSA) is 26.3 Å². The van der Waals surface area contributed by atoms with Gasteiger partial charge in [-0.15, -0.1) is 12.6 Å². The maximum absolute atomic E-state index is 12.2. The highest BCUT2D eigenvalue weighted by atomic mass is 32.1. The summed E-state index contributed by atoms with van der Waals surface area (Å²) in [5.41, 5.74) is 3.76. The van der Waals surface area contributed by atoms with E-state index in [0.29, 0.717) is 11.3 Å². The Bertz CT molecular complexity index is 877. The standard InChI is InChI=1S/C22H18O2S/c1-16-2-12-20(13-3-16)24-22(23)19-10-6-17(7-11-19)4-5-18-8-14-21(25)15-9-18/h2-15,25H,1H3/b5-4+. The number of hydrogen-bond donors (Lipinski definition) is 1. The van der Waals surface area contributed by atoms with E-state index in [-0.39, 0.29) is 5.97 Å². The average Bonchev–Trinajstić information content (AvgIpc) is 2.63. The number of rotatable bonds is 4. The van der Waals surface area contributed by atoms with E-state index < -0.39 is 0 Å². The van der Waals surface area contributed by atoms with Crippen molar-refractivity contribution in [2.24, 2.45) is 0 Å². The fraction of sp³-hybridized carbons (Fsp3) is 0.0455. The highest BCUT2D eigenvalue weighted by Gasteiger charge is 2.07. The summed E-state index contributed by atoms with van der Waals surface area (Å²) in [6, 6.07) is 22.7. The summed E-state index contributed by atoms with van der Waals surface area (Å²) < 4.78 is 5.37. The number of aryl methyl sites for hydroxylation is 1. The van der Waals surface area contributed by atoms with Gasteiger partial charge in [0.15, 0.2) is 0 Å². The molecule has 0 amide bonds. The van der Waals surface area contributed by atoms with Crippen LogP contribution in [0, 0.1) is 6.92 Å². The predicted molar refractivity (Wildman–Crippen MR) is 105 cm³/mol. The molecule has 3 rings (SSSR count). The Hall–Kier alpha value is -2.78. The van der Waals surface area contributed by atoms with Gasteiger partial charge < -0.3 is 4.74 Å². The Morgan fingerprint density at radius 3 is 1.88 bits per heavy atom. The zero-order valence-electron chi connectivity index (χ0n) is 13.8. The monoisotopic (exact) mass is 346 g/mol. The summed E-state index contributed by atoms with van der Waals surface area (Å²) in [5.74, 6) is 0.191.